The Hall–Kier alpha value is -6.17. The summed E-state index contributed by atoms with van der Waals surface area (Å²) in [6.45, 7) is 3.43. The average Bonchev–Trinajstić information content (AvgIpc) is 3.89. The number of nitrogen functional groups attached to an aromatic ring is 1. The maximum atomic E-state index is 13.6. The molecule has 0 radical (unpaired) electrons. The molecular formula is C35H28FN9O2. The standard InChI is InChI=1S/C35H28FN9O2/c1-20(36)35(47)43-18-14-24-25(5-2-7-29(24)43)34(46)41-27-11-8-21-19-22(9-10-23(21)27)45-32(26-6-3-15-38-31(26)37)40-28-12-13-30(42-33(28)45)44-17-4-16-39-44/h2-7,9-10,12-13,15-17,19,27H,1,8,11,14,18H2,(H2,37,38)(H,41,46). The van der Waals surface area contributed by atoms with E-state index < -0.39 is 11.7 Å². The summed E-state index contributed by atoms with van der Waals surface area (Å²) in [5.41, 5.74) is 13.1. The molecule has 11 nitrogen and oxygen atoms in total. The third-order valence-electron chi connectivity index (χ3n) is 8.83. The highest BCUT2D eigenvalue weighted by Gasteiger charge is 2.31. The van der Waals surface area contributed by atoms with Crippen LogP contribution in [-0.2, 0) is 17.6 Å². The Kier molecular flexibility index (Phi) is 6.64. The number of imidazole rings is 1. The van der Waals surface area contributed by atoms with E-state index in [-0.39, 0.29) is 11.9 Å². The molecule has 1 aliphatic carbocycles. The number of halogens is 1. The van der Waals surface area contributed by atoms with E-state index in [2.05, 4.69) is 28.0 Å². The zero-order valence-corrected chi connectivity index (χ0v) is 25.1. The Morgan fingerprint density at radius 2 is 1.89 bits per heavy atom. The minimum absolute atomic E-state index is 0.204. The van der Waals surface area contributed by atoms with Crippen molar-refractivity contribution in [3.63, 3.8) is 0 Å². The van der Waals surface area contributed by atoms with Crippen LogP contribution in [0.25, 0.3) is 34.1 Å². The molecule has 0 saturated carbocycles. The monoisotopic (exact) mass is 625 g/mol. The predicted molar refractivity (Wildman–Crippen MR) is 175 cm³/mol. The van der Waals surface area contributed by atoms with Crippen LogP contribution in [0, 0.1) is 0 Å². The van der Waals surface area contributed by atoms with E-state index >= 15 is 0 Å². The Morgan fingerprint density at radius 3 is 2.70 bits per heavy atom. The maximum Gasteiger partial charge on any atom is 0.286 e. The van der Waals surface area contributed by atoms with Gasteiger partial charge < -0.3 is 16.0 Å². The number of fused-ring (bicyclic) bond motifs is 3. The topological polar surface area (TPSA) is 137 Å². The molecule has 1 unspecified atom stereocenters. The number of amides is 2. The number of hydrogen-bond donors (Lipinski definition) is 2. The van der Waals surface area contributed by atoms with Gasteiger partial charge >= 0.3 is 0 Å². The number of carbonyl (C=O) groups is 2. The first-order valence-corrected chi connectivity index (χ1v) is 15.2. The van der Waals surface area contributed by atoms with Gasteiger partial charge in [0.05, 0.1) is 11.6 Å². The molecule has 2 amide bonds. The van der Waals surface area contributed by atoms with Crippen molar-refractivity contribution in [2.45, 2.75) is 25.3 Å². The van der Waals surface area contributed by atoms with Gasteiger partial charge in [0.2, 0.25) is 0 Å². The SMILES string of the molecule is C=C(F)C(=O)N1CCc2c(C(=O)NC3CCc4cc(-n5c(-c6cccnc6N)nc6ccc(-n7cccn7)nc65)ccc43)cccc21. The van der Waals surface area contributed by atoms with E-state index in [9.17, 15) is 14.0 Å². The molecule has 232 valence electrons. The first-order chi connectivity index (χ1) is 22.9. The van der Waals surface area contributed by atoms with Gasteiger partial charge in [-0.15, -0.1) is 0 Å². The zero-order chi connectivity index (χ0) is 32.2. The summed E-state index contributed by atoms with van der Waals surface area (Å²) < 4.78 is 17.3. The van der Waals surface area contributed by atoms with E-state index in [1.165, 1.54) is 4.90 Å². The van der Waals surface area contributed by atoms with Crippen molar-refractivity contribution in [3.8, 4) is 22.9 Å². The van der Waals surface area contributed by atoms with Crippen LogP contribution in [0.4, 0.5) is 15.9 Å². The van der Waals surface area contributed by atoms with Gasteiger partial charge in [0.25, 0.3) is 11.8 Å². The molecule has 1 aliphatic heterocycles. The van der Waals surface area contributed by atoms with Crippen LogP contribution in [0.15, 0.2) is 97.7 Å². The van der Waals surface area contributed by atoms with Gasteiger partial charge in [-0.1, -0.05) is 18.7 Å². The number of benzene rings is 2. The number of aryl methyl sites for hydroxylation is 1. The van der Waals surface area contributed by atoms with Crippen molar-refractivity contribution < 1.29 is 14.0 Å². The molecule has 6 aromatic rings. The Bertz CT molecular complexity index is 2240. The second-order valence-electron chi connectivity index (χ2n) is 11.5. The van der Waals surface area contributed by atoms with Crippen LogP contribution < -0.4 is 16.0 Å². The molecule has 0 saturated heterocycles. The number of pyridine rings is 2. The number of rotatable bonds is 6. The fourth-order valence-electron chi connectivity index (χ4n) is 6.64. The number of carbonyl (C=O) groups excluding carboxylic acids is 2. The smallest absolute Gasteiger partial charge is 0.286 e. The molecule has 2 aliphatic rings. The van der Waals surface area contributed by atoms with Crippen LogP contribution in [0.1, 0.15) is 39.5 Å². The van der Waals surface area contributed by atoms with Gasteiger partial charge in [-0.05, 0) is 90.6 Å². The lowest BCUT2D eigenvalue weighted by molar-refractivity contribution is -0.116. The van der Waals surface area contributed by atoms with Gasteiger partial charge in [-0.3, -0.25) is 14.2 Å². The van der Waals surface area contributed by atoms with Crippen LogP contribution in [-0.4, -0.2) is 47.7 Å². The predicted octanol–water partition coefficient (Wildman–Crippen LogP) is 5.04. The second-order valence-corrected chi connectivity index (χ2v) is 11.5. The molecule has 12 heteroatoms. The highest BCUT2D eigenvalue weighted by molar-refractivity contribution is 6.07. The molecule has 1 atom stereocenters. The summed E-state index contributed by atoms with van der Waals surface area (Å²) in [7, 11) is 0. The lowest BCUT2D eigenvalue weighted by Crippen LogP contribution is -2.29. The Balaban J connectivity index is 1.14. The van der Waals surface area contributed by atoms with E-state index in [1.807, 2.05) is 53.2 Å². The molecule has 8 rings (SSSR count). The van der Waals surface area contributed by atoms with Crippen molar-refractivity contribution in [3.05, 3.63) is 120 Å². The molecule has 0 fully saturated rings. The van der Waals surface area contributed by atoms with Crippen LogP contribution in [0.3, 0.4) is 0 Å². The highest BCUT2D eigenvalue weighted by Crippen LogP contribution is 2.37. The molecule has 5 heterocycles. The third-order valence-corrected chi connectivity index (χ3v) is 8.83. The molecule has 3 N–H and O–H groups in total. The molecular weight excluding hydrogens is 597 g/mol. The highest BCUT2D eigenvalue weighted by atomic mass is 19.1. The molecule has 0 bridgehead atoms. The quantitative estimate of drug-likeness (QED) is 0.248. The molecule has 4 aromatic heterocycles. The van der Waals surface area contributed by atoms with Crippen molar-refractivity contribution in [2.24, 2.45) is 0 Å². The summed E-state index contributed by atoms with van der Waals surface area (Å²) in [4.78, 5) is 41.4. The third kappa shape index (κ3) is 4.73. The number of hydrogen-bond acceptors (Lipinski definition) is 7. The van der Waals surface area contributed by atoms with E-state index in [1.54, 1.807) is 35.3 Å². The maximum absolute atomic E-state index is 13.6. The minimum atomic E-state index is -1.02. The largest absolute Gasteiger partial charge is 0.383 e. The second kappa shape index (κ2) is 11.0. The van der Waals surface area contributed by atoms with Crippen molar-refractivity contribution in [2.75, 3.05) is 17.2 Å². The summed E-state index contributed by atoms with van der Waals surface area (Å²) in [5, 5.41) is 7.54. The average molecular weight is 626 g/mol. The zero-order valence-electron chi connectivity index (χ0n) is 25.1. The van der Waals surface area contributed by atoms with Gasteiger partial charge in [0.15, 0.2) is 23.1 Å². The Labute approximate surface area is 268 Å². The van der Waals surface area contributed by atoms with Crippen molar-refractivity contribution >= 4 is 34.5 Å². The lowest BCUT2D eigenvalue weighted by Gasteiger charge is -2.18. The molecule has 0 spiro atoms. The van der Waals surface area contributed by atoms with Crippen molar-refractivity contribution in [1.82, 2.24) is 34.6 Å². The van der Waals surface area contributed by atoms with Gasteiger partial charge in [-0.2, -0.15) is 5.10 Å². The van der Waals surface area contributed by atoms with E-state index in [0.717, 1.165) is 35.2 Å². The van der Waals surface area contributed by atoms with Gasteiger partial charge in [0, 0.05) is 42.1 Å². The number of anilines is 2. The summed E-state index contributed by atoms with van der Waals surface area (Å²) >= 11 is 0. The Morgan fingerprint density at radius 1 is 1.00 bits per heavy atom. The minimum Gasteiger partial charge on any atom is -0.383 e. The summed E-state index contributed by atoms with van der Waals surface area (Å²) in [6.07, 6.45) is 7.11. The normalized spacial score (nSPS) is 15.1. The fourth-order valence-corrected chi connectivity index (χ4v) is 6.64. The van der Waals surface area contributed by atoms with E-state index in [0.29, 0.717) is 58.4 Å². The first-order valence-electron chi connectivity index (χ1n) is 15.2. The van der Waals surface area contributed by atoms with Gasteiger partial charge in [-0.25, -0.2) is 24.0 Å². The van der Waals surface area contributed by atoms with Crippen LogP contribution >= 0.6 is 0 Å². The number of aromatic nitrogens is 6. The van der Waals surface area contributed by atoms with Crippen LogP contribution in [0.5, 0.6) is 0 Å². The molecule has 47 heavy (non-hydrogen) atoms. The lowest BCUT2D eigenvalue weighted by atomic mass is 10.0. The van der Waals surface area contributed by atoms with Crippen LogP contribution in [0.2, 0.25) is 0 Å². The van der Waals surface area contributed by atoms with Gasteiger partial charge in [0.1, 0.15) is 11.3 Å². The summed E-state index contributed by atoms with van der Waals surface area (Å²) in [6, 6.07) is 20.4. The fraction of sp³-hybridized carbons (Fsp3) is 0.143. The first kappa shape index (κ1) is 28.3. The molecule has 2 aromatic carbocycles. The number of nitrogens with two attached hydrogens (primary N) is 1. The number of nitrogens with one attached hydrogen (secondary N) is 1. The van der Waals surface area contributed by atoms with Crippen molar-refractivity contribution in [1.29, 1.82) is 0 Å². The van der Waals surface area contributed by atoms with E-state index in [4.69, 9.17) is 15.7 Å². The number of nitrogens with zero attached hydrogens (tertiary/aromatic N) is 7. The summed E-state index contributed by atoms with van der Waals surface area (Å²) in [5.74, 6) is -0.427.